The number of esters is 1. The van der Waals surface area contributed by atoms with Gasteiger partial charge in [-0.25, -0.2) is 4.98 Å². The van der Waals surface area contributed by atoms with Crippen molar-refractivity contribution in [1.82, 2.24) is 14.5 Å². The number of Topliss-reactive ketones (excluding diaryl/α,β-unsaturated/α-hetero) is 1. The molecule has 1 saturated heterocycles. The van der Waals surface area contributed by atoms with E-state index >= 15 is 0 Å². The van der Waals surface area contributed by atoms with E-state index in [0.717, 1.165) is 16.7 Å². The predicted octanol–water partition coefficient (Wildman–Crippen LogP) is 5.10. The molecule has 0 bridgehead atoms. The van der Waals surface area contributed by atoms with Gasteiger partial charge in [0.05, 0.1) is 30.4 Å². The fraction of sp³-hybridized carbons (Fsp3) is 0.219. The van der Waals surface area contributed by atoms with E-state index < -0.39 is 5.54 Å². The summed E-state index contributed by atoms with van der Waals surface area (Å²) in [5, 5.41) is 0. The van der Waals surface area contributed by atoms with Gasteiger partial charge < -0.3 is 9.30 Å². The van der Waals surface area contributed by atoms with Crippen molar-refractivity contribution in [3.05, 3.63) is 131 Å². The van der Waals surface area contributed by atoms with E-state index in [2.05, 4.69) is 82.7 Å². The zero-order valence-corrected chi connectivity index (χ0v) is 21.5. The maximum Gasteiger partial charge on any atom is 0.325 e. The Balaban J connectivity index is 1.61. The Morgan fingerprint density at radius 1 is 0.921 bits per heavy atom. The monoisotopic (exact) mass is 505 g/mol. The highest BCUT2D eigenvalue weighted by atomic mass is 16.5. The molecule has 0 atom stereocenters. The molecule has 1 fully saturated rings. The molecule has 0 unspecified atom stereocenters. The van der Waals surface area contributed by atoms with Gasteiger partial charge >= 0.3 is 5.97 Å². The molecule has 5 rings (SSSR count). The summed E-state index contributed by atoms with van der Waals surface area (Å²) in [6, 6.07) is 31.4. The number of rotatable bonds is 8. The van der Waals surface area contributed by atoms with Crippen LogP contribution in [0.4, 0.5) is 0 Å². The lowest BCUT2D eigenvalue weighted by Gasteiger charge is -2.47. The molecule has 0 radical (unpaired) electrons. The summed E-state index contributed by atoms with van der Waals surface area (Å²) >= 11 is 0. The number of piperidine rings is 1. The minimum absolute atomic E-state index is 0.0485. The van der Waals surface area contributed by atoms with Crippen LogP contribution < -0.4 is 0 Å². The van der Waals surface area contributed by atoms with E-state index in [4.69, 9.17) is 4.74 Å². The van der Waals surface area contributed by atoms with Gasteiger partial charge in [-0.2, -0.15) is 0 Å². The minimum Gasteiger partial charge on any atom is -0.465 e. The number of carbonyl (C=O) groups excluding carboxylic acids is 2. The highest BCUT2D eigenvalue weighted by Crippen LogP contribution is 2.44. The Morgan fingerprint density at radius 3 is 2.00 bits per heavy atom. The van der Waals surface area contributed by atoms with E-state index in [1.165, 1.54) is 0 Å². The van der Waals surface area contributed by atoms with Crippen LogP contribution in [0.3, 0.4) is 0 Å². The Bertz CT molecular complexity index is 1320. The molecular weight excluding hydrogens is 474 g/mol. The number of hydrogen-bond donors (Lipinski definition) is 0. The Labute approximate surface area is 223 Å². The number of ether oxygens (including phenoxy) is 1. The summed E-state index contributed by atoms with van der Waals surface area (Å²) in [6.45, 7) is 3.20. The van der Waals surface area contributed by atoms with Gasteiger partial charge in [0, 0.05) is 25.1 Å². The van der Waals surface area contributed by atoms with E-state index in [9.17, 15) is 9.59 Å². The van der Waals surface area contributed by atoms with Crippen molar-refractivity contribution >= 4 is 17.8 Å². The zero-order valence-electron chi connectivity index (χ0n) is 21.5. The fourth-order valence-electron chi connectivity index (χ4n) is 5.38. The summed E-state index contributed by atoms with van der Waals surface area (Å²) in [7, 11) is 0. The van der Waals surface area contributed by atoms with Crippen molar-refractivity contribution in [3.8, 4) is 0 Å². The van der Waals surface area contributed by atoms with E-state index in [-0.39, 0.29) is 18.3 Å². The zero-order chi connectivity index (χ0) is 26.4. The van der Waals surface area contributed by atoms with E-state index in [1.54, 1.807) is 24.0 Å². The summed E-state index contributed by atoms with van der Waals surface area (Å²) in [5.74, 6) is -0.230. The molecule has 0 aliphatic carbocycles. The lowest BCUT2D eigenvalue weighted by atomic mass is 9.74. The number of nitrogens with zero attached hydrogens (tertiary/aromatic N) is 3. The highest BCUT2D eigenvalue weighted by Gasteiger charge is 2.44. The van der Waals surface area contributed by atoms with Gasteiger partial charge in [-0.1, -0.05) is 91.0 Å². The number of hydrogen-bond acceptors (Lipinski definition) is 5. The van der Waals surface area contributed by atoms with Crippen molar-refractivity contribution < 1.29 is 14.3 Å². The molecule has 1 aliphatic rings. The molecule has 192 valence electrons. The second-order valence-electron chi connectivity index (χ2n) is 9.32. The van der Waals surface area contributed by atoms with Crippen LogP contribution in [0.2, 0.25) is 0 Å². The van der Waals surface area contributed by atoms with Crippen molar-refractivity contribution in [2.45, 2.75) is 25.4 Å². The molecule has 1 aromatic heterocycles. The second-order valence-corrected chi connectivity index (χ2v) is 9.32. The Morgan fingerprint density at radius 2 is 1.47 bits per heavy atom. The molecule has 0 spiro atoms. The molecule has 4 aromatic rings. The maximum atomic E-state index is 13.2. The standard InChI is InChI=1S/C32H31N3O3/c1-2-38-31(37)23-34-24-33-21-29(34)20-25-22-35(19-18-30(25)36)32(26-12-6-3-7-13-26,27-14-8-4-9-15-27)28-16-10-5-11-17-28/h3-17,20-21,24H,2,18-19,22-23H2,1H3. The lowest BCUT2D eigenvalue weighted by molar-refractivity contribution is -0.143. The molecule has 3 aromatic carbocycles. The molecule has 6 heteroatoms. The SMILES string of the molecule is CCOC(=O)Cn1cncc1C=C1CN(C(c2ccccc2)(c2ccccc2)c2ccccc2)CCC1=O. The summed E-state index contributed by atoms with van der Waals surface area (Å²) in [5.41, 5.74) is 4.20. The number of likely N-dealkylation sites (tertiary alicyclic amines) is 1. The third kappa shape index (κ3) is 4.95. The largest absolute Gasteiger partial charge is 0.465 e. The van der Waals surface area contributed by atoms with Gasteiger partial charge in [-0.15, -0.1) is 0 Å². The van der Waals surface area contributed by atoms with E-state index in [1.807, 2.05) is 24.3 Å². The first-order valence-corrected chi connectivity index (χ1v) is 12.9. The Hall–Kier alpha value is -4.29. The molecular formula is C32H31N3O3. The average Bonchev–Trinajstić information content (AvgIpc) is 3.39. The van der Waals surface area contributed by atoms with Gasteiger partial charge in [0.15, 0.2) is 5.78 Å². The van der Waals surface area contributed by atoms with Crippen molar-refractivity contribution in [2.75, 3.05) is 19.7 Å². The van der Waals surface area contributed by atoms with Gasteiger partial charge in [-0.3, -0.25) is 14.5 Å². The normalized spacial score (nSPS) is 15.5. The summed E-state index contributed by atoms with van der Waals surface area (Å²) < 4.78 is 6.82. The summed E-state index contributed by atoms with van der Waals surface area (Å²) in [4.78, 5) is 31.9. The molecule has 0 N–H and O–H groups in total. The number of carbonyl (C=O) groups is 2. The fourth-order valence-corrected chi connectivity index (χ4v) is 5.38. The van der Waals surface area contributed by atoms with Crippen molar-refractivity contribution in [1.29, 1.82) is 0 Å². The van der Waals surface area contributed by atoms with Crippen LogP contribution in [-0.4, -0.2) is 45.9 Å². The number of aromatic nitrogens is 2. The van der Waals surface area contributed by atoms with Crippen molar-refractivity contribution in [3.63, 3.8) is 0 Å². The van der Waals surface area contributed by atoms with Crippen LogP contribution in [0.1, 0.15) is 35.7 Å². The van der Waals surface area contributed by atoms with Gasteiger partial charge in [-0.05, 0) is 29.7 Å². The molecule has 0 amide bonds. The van der Waals surface area contributed by atoms with Crippen LogP contribution in [0, 0.1) is 0 Å². The smallest absolute Gasteiger partial charge is 0.325 e. The van der Waals surface area contributed by atoms with Crippen LogP contribution in [0.15, 0.2) is 109 Å². The molecule has 6 nitrogen and oxygen atoms in total. The van der Waals surface area contributed by atoms with Crippen LogP contribution in [0.25, 0.3) is 6.08 Å². The number of ketones is 1. The summed E-state index contributed by atoms with van der Waals surface area (Å²) in [6.07, 6.45) is 5.53. The topological polar surface area (TPSA) is 64.4 Å². The molecule has 1 aliphatic heterocycles. The van der Waals surface area contributed by atoms with Crippen LogP contribution in [-0.2, 0) is 26.4 Å². The van der Waals surface area contributed by atoms with Crippen molar-refractivity contribution in [2.24, 2.45) is 0 Å². The Kier molecular flexibility index (Phi) is 7.61. The average molecular weight is 506 g/mol. The quantitative estimate of drug-likeness (QED) is 0.189. The van der Waals surface area contributed by atoms with E-state index in [0.29, 0.717) is 37.4 Å². The molecule has 0 saturated carbocycles. The molecule has 38 heavy (non-hydrogen) atoms. The first-order valence-electron chi connectivity index (χ1n) is 12.9. The van der Waals surface area contributed by atoms with Gasteiger partial charge in [0.25, 0.3) is 0 Å². The lowest BCUT2D eigenvalue weighted by Crippen LogP contribution is -2.52. The van der Waals surface area contributed by atoms with Crippen LogP contribution in [0.5, 0.6) is 0 Å². The first-order chi connectivity index (χ1) is 18.6. The second kappa shape index (κ2) is 11.4. The minimum atomic E-state index is -0.602. The van der Waals surface area contributed by atoms with Crippen LogP contribution >= 0.6 is 0 Å². The number of imidazole rings is 1. The number of benzene rings is 3. The third-order valence-corrected chi connectivity index (χ3v) is 7.05. The molecule has 2 heterocycles. The van der Waals surface area contributed by atoms with Gasteiger partial charge in [0.1, 0.15) is 6.54 Å². The predicted molar refractivity (Wildman–Crippen MR) is 147 cm³/mol. The third-order valence-electron chi connectivity index (χ3n) is 7.05. The maximum absolute atomic E-state index is 13.2. The first kappa shape index (κ1) is 25.4. The van der Waals surface area contributed by atoms with Gasteiger partial charge in [0.2, 0.25) is 0 Å². The highest BCUT2D eigenvalue weighted by molar-refractivity contribution is 6.00.